The lowest BCUT2D eigenvalue weighted by molar-refractivity contribution is -0.149. The standard InChI is InChI=1S/C31H46N2O5/c1-7-10-26(11-8-2)21-33(31(36)32-29-23(5)18-22(4)19-24(29)6)16-17-38-27-14-12-25(13-15-27)20-28(30(34)35)37-9-3/h12-15,18-19,26,28H,7-11,16-17,20-21H2,1-6H3,(H,32,36)(H,34,35). The zero-order valence-electron chi connectivity index (χ0n) is 24.0. The maximum atomic E-state index is 13.4. The van der Waals surface area contributed by atoms with E-state index in [1.807, 2.05) is 43.0 Å². The van der Waals surface area contributed by atoms with E-state index in [4.69, 9.17) is 9.47 Å². The van der Waals surface area contributed by atoms with Crippen molar-refractivity contribution in [2.45, 2.75) is 79.8 Å². The van der Waals surface area contributed by atoms with Gasteiger partial charge in [-0.3, -0.25) is 0 Å². The summed E-state index contributed by atoms with van der Waals surface area (Å²) in [7, 11) is 0. The number of anilines is 1. The number of urea groups is 1. The number of benzene rings is 2. The average molecular weight is 527 g/mol. The molecule has 0 aliphatic heterocycles. The number of carboxylic acid groups (broad SMARTS) is 1. The highest BCUT2D eigenvalue weighted by Gasteiger charge is 2.21. The smallest absolute Gasteiger partial charge is 0.333 e. The molecule has 38 heavy (non-hydrogen) atoms. The summed E-state index contributed by atoms with van der Waals surface area (Å²) in [6.45, 7) is 14.1. The molecule has 7 nitrogen and oxygen atoms in total. The molecule has 0 saturated heterocycles. The van der Waals surface area contributed by atoms with Gasteiger partial charge in [0.25, 0.3) is 0 Å². The van der Waals surface area contributed by atoms with Crippen molar-refractivity contribution in [1.29, 1.82) is 0 Å². The first-order chi connectivity index (χ1) is 18.2. The summed E-state index contributed by atoms with van der Waals surface area (Å²) >= 11 is 0. The first kappa shape index (κ1) is 31.2. The van der Waals surface area contributed by atoms with Crippen LogP contribution in [0.3, 0.4) is 0 Å². The fourth-order valence-corrected chi connectivity index (χ4v) is 4.92. The predicted octanol–water partition coefficient (Wildman–Crippen LogP) is 6.77. The van der Waals surface area contributed by atoms with Gasteiger partial charge in [0.05, 0.1) is 6.54 Å². The first-order valence-corrected chi connectivity index (χ1v) is 13.9. The summed E-state index contributed by atoms with van der Waals surface area (Å²) in [4.78, 5) is 26.7. The fourth-order valence-electron chi connectivity index (χ4n) is 4.92. The molecule has 2 rings (SSSR count). The van der Waals surface area contributed by atoms with Crippen molar-refractivity contribution in [2.75, 3.05) is 31.6 Å². The molecule has 7 heteroatoms. The number of nitrogens with zero attached hydrogens (tertiary/aromatic N) is 1. The third-order valence-electron chi connectivity index (χ3n) is 6.69. The van der Waals surface area contributed by atoms with Crippen LogP contribution < -0.4 is 10.1 Å². The summed E-state index contributed by atoms with van der Waals surface area (Å²) in [6, 6.07) is 11.5. The molecule has 2 amide bonds. The van der Waals surface area contributed by atoms with Gasteiger partial charge in [0, 0.05) is 25.3 Å². The number of hydrogen-bond acceptors (Lipinski definition) is 4. The van der Waals surface area contributed by atoms with Gasteiger partial charge in [0.1, 0.15) is 12.4 Å². The van der Waals surface area contributed by atoms with Crippen molar-refractivity contribution in [1.82, 2.24) is 4.90 Å². The van der Waals surface area contributed by atoms with E-state index < -0.39 is 12.1 Å². The van der Waals surface area contributed by atoms with Crippen LogP contribution in [-0.4, -0.2) is 54.4 Å². The molecule has 0 spiro atoms. The van der Waals surface area contributed by atoms with Gasteiger partial charge >= 0.3 is 12.0 Å². The van der Waals surface area contributed by atoms with Gasteiger partial charge in [-0.15, -0.1) is 0 Å². The van der Waals surface area contributed by atoms with Gasteiger partial charge in [-0.05, 0) is 75.3 Å². The summed E-state index contributed by atoms with van der Waals surface area (Å²) in [6.07, 6.45) is 3.78. The fraction of sp³-hybridized carbons (Fsp3) is 0.548. The highest BCUT2D eigenvalue weighted by molar-refractivity contribution is 5.91. The van der Waals surface area contributed by atoms with Crippen LogP contribution in [0.5, 0.6) is 5.75 Å². The van der Waals surface area contributed by atoms with Crippen LogP contribution in [0, 0.1) is 26.7 Å². The lowest BCUT2D eigenvalue weighted by Crippen LogP contribution is -2.41. The van der Waals surface area contributed by atoms with E-state index in [1.165, 1.54) is 5.56 Å². The molecule has 0 radical (unpaired) electrons. The molecule has 0 heterocycles. The van der Waals surface area contributed by atoms with Crippen LogP contribution in [0.1, 0.15) is 68.7 Å². The minimum absolute atomic E-state index is 0.105. The molecule has 0 fully saturated rings. The van der Waals surface area contributed by atoms with E-state index >= 15 is 0 Å². The molecule has 0 aliphatic rings. The molecule has 0 bridgehead atoms. The second kappa shape index (κ2) is 16.0. The van der Waals surface area contributed by atoms with Crippen molar-refractivity contribution in [3.05, 3.63) is 58.7 Å². The highest BCUT2D eigenvalue weighted by atomic mass is 16.5. The lowest BCUT2D eigenvalue weighted by Gasteiger charge is -2.28. The Labute approximate surface area is 228 Å². The molecule has 0 aromatic heterocycles. The summed E-state index contributed by atoms with van der Waals surface area (Å²) in [5.74, 6) is 0.162. The molecular formula is C31H46N2O5. The van der Waals surface area contributed by atoms with E-state index in [1.54, 1.807) is 6.92 Å². The van der Waals surface area contributed by atoms with Gasteiger partial charge in [-0.2, -0.15) is 0 Å². The van der Waals surface area contributed by atoms with E-state index in [2.05, 4.69) is 38.2 Å². The topological polar surface area (TPSA) is 88.1 Å². The summed E-state index contributed by atoms with van der Waals surface area (Å²) in [5, 5.41) is 12.5. The Morgan fingerprint density at radius 2 is 1.58 bits per heavy atom. The second-order valence-corrected chi connectivity index (χ2v) is 10.1. The monoisotopic (exact) mass is 526 g/mol. The number of ether oxygens (including phenoxy) is 2. The SMILES string of the molecule is CCCC(CCC)CN(CCOc1ccc(CC(OCC)C(=O)O)cc1)C(=O)Nc1c(C)cc(C)cc1C. The van der Waals surface area contributed by atoms with Crippen molar-refractivity contribution in [3.63, 3.8) is 0 Å². The molecule has 0 aliphatic carbocycles. The molecule has 210 valence electrons. The molecular weight excluding hydrogens is 480 g/mol. The van der Waals surface area contributed by atoms with Gasteiger partial charge in [-0.25, -0.2) is 9.59 Å². The van der Waals surface area contributed by atoms with Crippen LogP contribution in [0.4, 0.5) is 10.5 Å². The van der Waals surface area contributed by atoms with Crippen LogP contribution in [-0.2, 0) is 16.0 Å². The van der Waals surface area contributed by atoms with Gasteiger partial charge < -0.3 is 24.8 Å². The Morgan fingerprint density at radius 3 is 2.11 bits per heavy atom. The number of aliphatic carboxylic acids is 1. The van der Waals surface area contributed by atoms with Gasteiger partial charge in [-0.1, -0.05) is 56.5 Å². The van der Waals surface area contributed by atoms with E-state index in [-0.39, 0.29) is 6.03 Å². The Morgan fingerprint density at radius 1 is 0.974 bits per heavy atom. The third kappa shape index (κ3) is 10.0. The zero-order chi connectivity index (χ0) is 28.1. The molecule has 2 aromatic rings. The van der Waals surface area contributed by atoms with Gasteiger partial charge in [0.2, 0.25) is 0 Å². The Balaban J connectivity index is 2.07. The van der Waals surface area contributed by atoms with E-state index in [9.17, 15) is 14.7 Å². The molecule has 2 aromatic carbocycles. The maximum absolute atomic E-state index is 13.4. The van der Waals surface area contributed by atoms with Crippen LogP contribution in [0.25, 0.3) is 0 Å². The average Bonchev–Trinajstić information content (AvgIpc) is 2.86. The molecule has 1 unspecified atom stereocenters. The van der Waals surface area contributed by atoms with Crippen molar-refractivity contribution < 1.29 is 24.2 Å². The maximum Gasteiger partial charge on any atom is 0.333 e. The first-order valence-electron chi connectivity index (χ1n) is 13.9. The van der Waals surface area contributed by atoms with Crippen molar-refractivity contribution in [3.8, 4) is 5.75 Å². The van der Waals surface area contributed by atoms with E-state index in [0.717, 1.165) is 48.1 Å². The molecule has 0 saturated carbocycles. The van der Waals surface area contributed by atoms with Gasteiger partial charge in [0.15, 0.2) is 6.10 Å². The number of carbonyl (C=O) groups is 2. The number of aryl methyl sites for hydroxylation is 3. The Hall–Kier alpha value is -3.06. The third-order valence-corrected chi connectivity index (χ3v) is 6.69. The predicted molar refractivity (Wildman–Crippen MR) is 153 cm³/mol. The second-order valence-electron chi connectivity index (χ2n) is 10.1. The number of hydrogen-bond donors (Lipinski definition) is 2. The Kier molecular flexibility index (Phi) is 13.1. The van der Waals surface area contributed by atoms with Crippen LogP contribution >= 0.6 is 0 Å². The number of amides is 2. The van der Waals surface area contributed by atoms with Crippen LogP contribution in [0.15, 0.2) is 36.4 Å². The number of carboxylic acids is 1. The minimum atomic E-state index is -0.967. The molecule has 1 atom stereocenters. The molecule has 2 N–H and O–H groups in total. The lowest BCUT2D eigenvalue weighted by atomic mass is 9.98. The van der Waals surface area contributed by atoms with Crippen molar-refractivity contribution in [2.24, 2.45) is 5.92 Å². The Bertz CT molecular complexity index is 992. The number of nitrogens with one attached hydrogen (secondary N) is 1. The largest absolute Gasteiger partial charge is 0.492 e. The normalized spacial score (nSPS) is 11.9. The summed E-state index contributed by atoms with van der Waals surface area (Å²) in [5.41, 5.74) is 5.03. The minimum Gasteiger partial charge on any atom is -0.492 e. The van der Waals surface area contributed by atoms with Crippen LogP contribution in [0.2, 0.25) is 0 Å². The summed E-state index contributed by atoms with van der Waals surface area (Å²) < 4.78 is 11.3. The zero-order valence-corrected chi connectivity index (χ0v) is 24.0. The number of carbonyl (C=O) groups excluding carboxylic acids is 1. The van der Waals surface area contributed by atoms with E-state index in [0.29, 0.717) is 44.4 Å². The quantitative estimate of drug-likeness (QED) is 0.252. The van der Waals surface area contributed by atoms with Crippen molar-refractivity contribution >= 4 is 17.7 Å². The highest BCUT2D eigenvalue weighted by Crippen LogP contribution is 2.23. The number of rotatable bonds is 16.